The number of nitrogens with zero attached hydrogens (tertiary/aromatic N) is 2. The Hall–Kier alpha value is -2.14. The standard InChI is InChI=1S/C16H14BrN3O/c1-20-10-19-14-8-11(6-7-15(14)20)9-18-16(21)12-4-2-3-5-13(12)17/h2-8,10H,9H2,1H3,(H,18,21). The number of benzene rings is 2. The summed E-state index contributed by atoms with van der Waals surface area (Å²) in [6.45, 7) is 0.479. The summed E-state index contributed by atoms with van der Waals surface area (Å²) in [7, 11) is 1.96. The van der Waals surface area contributed by atoms with Crippen LogP contribution in [0.15, 0.2) is 53.3 Å². The normalized spacial score (nSPS) is 10.8. The van der Waals surface area contributed by atoms with Gasteiger partial charge in [-0.3, -0.25) is 4.79 Å². The van der Waals surface area contributed by atoms with Crippen molar-refractivity contribution >= 4 is 32.9 Å². The molecule has 0 radical (unpaired) electrons. The van der Waals surface area contributed by atoms with Crippen molar-refractivity contribution in [3.63, 3.8) is 0 Å². The topological polar surface area (TPSA) is 46.9 Å². The molecule has 2 aromatic carbocycles. The first kappa shape index (κ1) is 13.8. The van der Waals surface area contributed by atoms with Gasteiger partial charge in [0.05, 0.1) is 22.9 Å². The summed E-state index contributed by atoms with van der Waals surface area (Å²) >= 11 is 3.38. The number of fused-ring (bicyclic) bond motifs is 1. The van der Waals surface area contributed by atoms with E-state index >= 15 is 0 Å². The van der Waals surface area contributed by atoms with Crippen LogP contribution in [0.5, 0.6) is 0 Å². The number of imidazole rings is 1. The molecule has 0 aliphatic rings. The van der Waals surface area contributed by atoms with E-state index < -0.39 is 0 Å². The van der Waals surface area contributed by atoms with E-state index in [0.29, 0.717) is 12.1 Å². The predicted molar refractivity (Wildman–Crippen MR) is 86.0 cm³/mol. The third-order valence-electron chi connectivity index (χ3n) is 3.36. The van der Waals surface area contributed by atoms with Crippen LogP contribution in [0.4, 0.5) is 0 Å². The molecule has 1 aromatic heterocycles. The molecule has 3 rings (SSSR count). The fraction of sp³-hybridized carbons (Fsp3) is 0.125. The second kappa shape index (κ2) is 5.69. The molecule has 0 unspecified atom stereocenters. The smallest absolute Gasteiger partial charge is 0.252 e. The second-order valence-corrected chi connectivity index (χ2v) is 5.70. The molecule has 0 spiro atoms. The number of hydrogen-bond donors (Lipinski definition) is 1. The highest BCUT2D eigenvalue weighted by Crippen LogP contribution is 2.16. The lowest BCUT2D eigenvalue weighted by molar-refractivity contribution is 0.0950. The summed E-state index contributed by atoms with van der Waals surface area (Å²) in [5, 5.41) is 2.92. The number of carbonyl (C=O) groups is 1. The number of carbonyl (C=O) groups excluding carboxylic acids is 1. The molecule has 1 N–H and O–H groups in total. The first-order valence-corrected chi connectivity index (χ1v) is 7.37. The zero-order valence-electron chi connectivity index (χ0n) is 11.5. The maximum Gasteiger partial charge on any atom is 0.252 e. The third kappa shape index (κ3) is 2.83. The highest BCUT2D eigenvalue weighted by Gasteiger charge is 2.09. The van der Waals surface area contributed by atoms with Crippen molar-refractivity contribution in [3.05, 3.63) is 64.4 Å². The lowest BCUT2D eigenvalue weighted by Gasteiger charge is -2.07. The second-order valence-electron chi connectivity index (χ2n) is 4.84. The maximum absolute atomic E-state index is 12.1. The summed E-state index contributed by atoms with van der Waals surface area (Å²) < 4.78 is 2.77. The zero-order chi connectivity index (χ0) is 14.8. The molecule has 3 aromatic rings. The summed E-state index contributed by atoms with van der Waals surface area (Å²) in [5.74, 6) is -0.0939. The quantitative estimate of drug-likeness (QED) is 0.793. The lowest BCUT2D eigenvalue weighted by Crippen LogP contribution is -2.23. The Morgan fingerprint density at radius 2 is 2.10 bits per heavy atom. The summed E-state index contributed by atoms with van der Waals surface area (Å²) in [6.07, 6.45) is 1.79. The fourth-order valence-electron chi connectivity index (χ4n) is 2.21. The summed E-state index contributed by atoms with van der Waals surface area (Å²) in [5.41, 5.74) is 3.68. The molecule has 5 heteroatoms. The third-order valence-corrected chi connectivity index (χ3v) is 4.05. The minimum Gasteiger partial charge on any atom is -0.348 e. The first-order valence-electron chi connectivity index (χ1n) is 6.58. The number of nitrogens with one attached hydrogen (secondary N) is 1. The van der Waals surface area contributed by atoms with Gasteiger partial charge in [0, 0.05) is 18.1 Å². The van der Waals surface area contributed by atoms with Gasteiger partial charge in [-0.05, 0) is 45.8 Å². The molecule has 0 fully saturated rings. The average Bonchev–Trinajstić information content (AvgIpc) is 2.86. The fourth-order valence-corrected chi connectivity index (χ4v) is 2.68. The lowest BCUT2D eigenvalue weighted by atomic mass is 10.1. The molecule has 1 heterocycles. The highest BCUT2D eigenvalue weighted by atomic mass is 79.9. The van der Waals surface area contributed by atoms with Crippen LogP contribution in [0.2, 0.25) is 0 Å². The Morgan fingerprint density at radius 1 is 1.29 bits per heavy atom. The number of hydrogen-bond acceptors (Lipinski definition) is 2. The Morgan fingerprint density at radius 3 is 2.90 bits per heavy atom. The van der Waals surface area contributed by atoms with E-state index in [4.69, 9.17) is 0 Å². The summed E-state index contributed by atoms with van der Waals surface area (Å²) in [4.78, 5) is 16.5. The van der Waals surface area contributed by atoms with Crippen LogP contribution in [0.25, 0.3) is 11.0 Å². The first-order chi connectivity index (χ1) is 10.1. The van der Waals surface area contributed by atoms with Crippen LogP contribution in [0.1, 0.15) is 15.9 Å². The number of aryl methyl sites for hydroxylation is 1. The van der Waals surface area contributed by atoms with Crippen LogP contribution < -0.4 is 5.32 Å². The van der Waals surface area contributed by atoms with Crippen molar-refractivity contribution in [2.24, 2.45) is 7.05 Å². The number of rotatable bonds is 3. The Balaban J connectivity index is 1.74. The van der Waals surface area contributed by atoms with Gasteiger partial charge in [-0.15, -0.1) is 0 Å². The minimum atomic E-state index is -0.0939. The van der Waals surface area contributed by atoms with E-state index in [9.17, 15) is 4.79 Å². The van der Waals surface area contributed by atoms with Gasteiger partial charge in [-0.1, -0.05) is 18.2 Å². The van der Waals surface area contributed by atoms with Gasteiger partial charge in [-0.25, -0.2) is 4.98 Å². The van der Waals surface area contributed by atoms with Gasteiger partial charge in [0.25, 0.3) is 5.91 Å². The molecule has 1 amide bonds. The van der Waals surface area contributed by atoms with E-state index in [0.717, 1.165) is 21.1 Å². The van der Waals surface area contributed by atoms with Crippen LogP contribution in [-0.4, -0.2) is 15.5 Å². The van der Waals surface area contributed by atoms with E-state index in [1.807, 2.05) is 48.0 Å². The van der Waals surface area contributed by atoms with E-state index in [1.165, 1.54) is 0 Å². The molecule has 21 heavy (non-hydrogen) atoms. The number of halogens is 1. The van der Waals surface area contributed by atoms with Crippen LogP contribution >= 0.6 is 15.9 Å². The Kier molecular flexibility index (Phi) is 3.75. The molecular formula is C16H14BrN3O. The average molecular weight is 344 g/mol. The monoisotopic (exact) mass is 343 g/mol. The SMILES string of the molecule is Cn1cnc2cc(CNC(=O)c3ccccc3Br)ccc21. The van der Waals surface area contributed by atoms with E-state index in [1.54, 1.807) is 12.4 Å². The molecule has 106 valence electrons. The van der Waals surface area contributed by atoms with Crippen molar-refractivity contribution in [1.29, 1.82) is 0 Å². The molecule has 0 aliphatic carbocycles. The molecular weight excluding hydrogens is 330 g/mol. The van der Waals surface area contributed by atoms with Crippen molar-refractivity contribution < 1.29 is 4.79 Å². The maximum atomic E-state index is 12.1. The van der Waals surface area contributed by atoms with Crippen molar-refractivity contribution in [2.45, 2.75) is 6.54 Å². The zero-order valence-corrected chi connectivity index (χ0v) is 13.1. The minimum absolute atomic E-state index is 0.0939. The number of aromatic nitrogens is 2. The van der Waals surface area contributed by atoms with Crippen LogP contribution in [-0.2, 0) is 13.6 Å². The van der Waals surface area contributed by atoms with Crippen molar-refractivity contribution in [3.8, 4) is 0 Å². The van der Waals surface area contributed by atoms with E-state index in [2.05, 4.69) is 26.2 Å². The van der Waals surface area contributed by atoms with Gasteiger partial charge in [0.15, 0.2) is 0 Å². The predicted octanol–water partition coefficient (Wildman–Crippen LogP) is 3.27. The highest BCUT2D eigenvalue weighted by molar-refractivity contribution is 9.10. The summed E-state index contributed by atoms with van der Waals surface area (Å²) in [6, 6.07) is 13.4. The van der Waals surface area contributed by atoms with Gasteiger partial charge in [0.1, 0.15) is 0 Å². The van der Waals surface area contributed by atoms with Gasteiger partial charge < -0.3 is 9.88 Å². The van der Waals surface area contributed by atoms with Crippen molar-refractivity contribution in [2.75, 3.05) is 0 Å². The molecule has 0 bridgehead atoms. The molecule has 4 nitrogen and oxygen atoms in total. The van der Waals surface area contributed by atoms with E-state index in [-0.39, 0.29) is 5.91 Å². The van der Waals surface area contributed by atoms with Crippen LogP contribution in [0.3, 0.4) is 0 Å². The molecule has 0 saturated carbocycles. The van der Waals surface area contributed by atoms with Crippen molar-refractivity contribution in [1.82, 2.24) is 14.9 Å². The molecule has 0 saturated heterocycles. The Labute approximate surface area is 130 Å². The van der Waals surface area contributed by atoms with Gasteiger partial charge in [0.2, 0.25) is 0 Å². The molecule has 0 atom stereocenters. The van der Waals surface area contributed by atoms with Gasteiger partial charge in [-0.2, -0.15) is 0 Å². The van der Waals surface area contributed by atoms with Crippen LogP contribution in [0, 0.1) is 0 Å². The molecule has 0 aliphatic heterocycles. The Bertz CT molecular complexity index is 810. The van der Waals surface area contributed by atoms with Gasteiger partial charge >= 0.3 is 0 Å². The largest absolute Gasteiger partial charge is 0.348 e. The number of amides is 1.